The van der Waals surface area contributed by atoms with Crippen LogP contribution in [0.5, 0.6) is 0 Å². The summed E-state index contributed by atoms with van der Waals surface area (Å²) in [5.41, 5.74) is 5.28. The van der Waals surface area contributed by atoms with E-state index >= 15 is 0 Å². The van der Waals surface area contributed by atoms with Gasteiger partial charge in [0, 0.05) is 5.02 Å². The summed E-state index contributed by atoms with van der Waals surface area (Å²) in [5.74, 6) is -1.28. The smallest absolute Gasteiger partial charge is 0.338 e. The molecule has 0 radical (unpaired) electrons. The highest BCUT2D eigenvalue weighted by Gasteiger charge is 2.15. The fraction of sp³-hybridized carbons (Fsp3) is 0.200. The summed E-state index contributed by atoms with van der Waals surface area (Å²) in [4.78, 5) is 22.0. The Morgan fingerprint density at radius 2 is 1.87 bits per heavy atom. The second-order valence-electron chi connectivity index (χ2n) is 2.96. The first kappa shape index (κ1) is 11.5. The lowest BCUT2D eigenvalue weighted by molar-refractivity contribution is -0.125. The van der Waals surface area contributed by atoms with E-state index in [0.717, 1.165) is 0 Å². The number of hydrogen-bond acceptors (Lipinski definition) is 3. The van der Waals surface area contributed by atoms with Gasteiger partial charge in [0.25, 0.3) is 5.91 Å². The van der Waals surface area contributed by atoms with E-state index in [1.165, 1.54) is 19.1 Å². The number of carbonyl (C=O) groups is 2. The highest BCUT2D eigenvalue weighted by molar-refractivity contribution is 6.30. The normalized spacial score (nSPS) is 11.9. The minimum atomic E-state index is -0.937. The van der Waals surface area contributed by atoms with Crippen molar-refractivity contribution in [1.82, 2.24) is 0 Å². The Bertz CT molecular complexity index is 375. The van der Waals surface area contributed by atoms with Crippen LogP contribution in [0.3, 0.4) is 0 Å². The van der Waals surface area contributed by atoms with Crippen molar-refractivity contribution < 1.29 is 14.3 Å². The Balaban J connectivity index is 2.69. The van der Waals surface area contributed by atoms with Crippen LogP contribution in [-0.4, -0.2) is 18.0 Å². The number of carbonyl (C=O) groups excluding carboxylic acids is 2. The molecule has 15 heavy (non-hydrogen) atoms. The van der Waals surface area contributed by atoms with Crippen LogP contribution in [0.15, 0.2) is 24.3 Å². The van der Waals surface area contributed by atoms with Crippen molar-refractivity contribution in [2.24, 2.45) is 5.73 Å². The zero-order valence-electron chi connectivity index (χ0n) is 8.07. The molecule has 1 rings (SSSR count). The molecule has 1 amide bonds. The Morgan fingerprint density at radius 3 is 2.33 bits per heavy atom. The zero-order valence-corrected chi connectivity index (χ0v) is 8.82. The van der Waals surface area contributed by atoms with Gasteiger partial charge in [-0.25, -0.2) is 4.79 Å². The van der Waals surface area contributed by atoms with Crippen molar-refractivity contribution in [3.8, 4) is 0 Å². The lowest BCUT2D eigenvalue weighted by atomic mass is 10.2. The van der Waals surface area contributed by atoms with Crippen molar-refractivity contribution in [1.29, 1.82) is 0 Å². The first-order valence-corrected chi connectivity index (χ1v) is 4.64. The maximum Gasteiger partial charge on any atom is 0.338 e. The lowest BCUT2D eigenvalue weighted by Gasteiger charge is -2.09. The Morgan fingerprint density at radius 1 is 1.33 bits per heavy atom. The number of halogens is 1. The molecule has 0 bridgehead atoms. The van der Waals surface area contributed by atoms with Gasteiger partial charge < -0.3 is 10.5 Å². The van der Waals surface area contributed by atoms with E-state index in [0.29, 0.717) is 10.6 Å². The number of benzene rings is 1. The van der Waals surface area contributed by atoms with E-state index in [2.05, 4.69) is 0 Å². The van der Waals surface area contributed by atoms with Crippen molar-refractivity contribution in [3.05, 3.63) is 34.9 Å². The molecule has 0 aliphatic rings. The number of esters is 1. The molecular weight excluding hydrogens is 218 g/mol. The summed E-state index contributed by atoms with van der Waals surface area (Å²) in [6.07, 6.45) is -0.937. The van der Waals surface area contributed by atoms with Gasteiger partial charge in [-0.3, -0.25) is 4.79 Å². The minimum Gasteiger partial charge on any atom is -0.449 e. The predicted octanol–water partition coefficient (Wildman–Crippen LogP) is 1.37. The number of amides is 1. The fourth-order valence-electron chi connectivity index (χ4n) is 0.873. The first-order chi connectivity index (χ1) is 7.00. The van der Waals surface area contributed by atoms with Crippen molar-refractivity contribution in [3.63, 3.8) is 0 Å². The Labute approximate surface area is 92.0 Å². The van der Waals surface area contributed by atoms with Gasteiger partial charge in [-0.15, -0.1) is 0 Å². The van der Waals surface area contributed by atoms with E-state index in [-0.39, 0.29) is 0 Å². The van der Waals surface area contributed by atoms with Crippen molar-refractivity contribution in [2.75, 3.05) is 0 Å². The number of nitrogens with two attached hydrogens (primary N) is 1. The molecule has 0 saturated heterocycles. The number of hydrogen-bond donors (Lipinski definition) is 1. The molecule has 1 atom stereocenters. The molecule has 1 aromatic rings. The largest absolute Gasteiger partial charge is 0.449 e. The molecule has 0 spiro atoms. The second-order valence-corrected chi connectivity index (χ2v) is 3.39. The summed E-state index contributed by atoms with van der Waals surface area (Å²) >= 11 is 5.65. The minimum absolute atomic E-state index is 0.326. The van der Waals surface area contributed by atoms with E-state index in [1.54, 1.807) is 12.1 Å². The lowest BCUT2D eigenvalue weighted by Crippen LogP contribution is -2.30. The van der Waals surface area contributed by atoms with Crippen LogP contribution in [-0.2, 0) is 9.53 Å². The average molecular weight is 228 g/mol. The second kappa shape index (κ2) is 4.79. The van der Waals surface area contributed by atoms with Gasteiger partial charge in [-0.2, -0.15) is 0 Å². The van der Waals surface area contributed by atoms with Gasteiger partial charge >= 0.3 is 5.97 Å². The maximum absolute atomic E-state index is 11.4. The Kier molecular flexibility index (Phi) is 3.68. The molecule has 0 aromatic heterocycles. The van der Waals surface area contributed by atoms with Gasteiger partial charge in [0.05, 0.1) is 5.56 Å². The predicted molar refractivity (Wildman–Crippen MR) is 55.5 cm³/mol. The monoisotopic (exact) mass is 227 g/mol. The summed E-state index contributed by atoms with van der Waals surface area (Å²) in [5, 5.41) is 0.523. The fourth-order valence-corrected chi connectivity index (χ4v) is 0.999. The van der Waals surface area contributed by atoms with E-state index in [1.807, 2.05) is 0 Å². The molecule has 0 saturated carbocycles. The highest BCUT2D eigenvalue weighted by Crippen LogP contribution is 2.11. The van der Waals surface area contributed by atoms with Gasteiger partial charge in [0.15, 0.2) is 6.10 Å². The van der Waals surface area contributed by atoms with E-state index in [9.17, 15) is 9.59 Å². The van der Waals surface area contributed by atoms with Crippen LogP contribution < -0.4 is 5.73 Å². The van der Waals surface area contributed by atoms with Crippen molar-refractivity contribution >= 4 is 23.5 Å². The summed E-state index contributed by atoms with van der Waals surface area (Å²) in [6, 6.07) is 6.15. The average Bonchev–Trinajstić information content (AvgIpc) is 2.18. The zero-order chi connectivity index (χ0) is 11.4. The molecular formula is C10H10ClNO3. The quantitative estimate of drug-likeness (QED) is 0.793. The van der Waals surface area contributed by atoms with Crippen LogP contribution in [0, 0.1) is 0 Å². The molecule has 80 valence electrons. The molecule has 0 aliphatic heterocycles. The van der Waals surface area contributed by atoms with Gasteiger partial charge in [-0.1, -0.05) is 11.6 Å². The molecule has 0 unspecified atom stereocenters. The van der Waals surface area contributed by atoms with Crippen LogP contribution in [0.2, 0.25) is 5.02 Å². The molecule has 0 fully saturated rings. The topological polar surface area (TPSA) is 69.4 Å². The Hall–Kier alpha value is -1.55. The third-order valence-electron chi connectivity index (χ3n) is 1.76. The maximum atomic E-state index is 11.4. The summed E-state index contributed by atoms with van der Waals surface area (Å²) < 4.78 is 4.78. The summed E-state index contributed by atoms with van der Waals surface area (Å²) in [7, 11) is 0. The van der Waals surface area contributed by atoms with Crippen molar-refractivity contribution in [2.45, 2.75) is 13.0 Å². The summed E-state index contributed by atoms with van der Waals surface area (Å²) in [6.45, 7) is 1.41. The molecule has 4 nitrogen and oxygen atoms in total. The van der Waals surface area contributed by atoms with Crippen LogP contribution in [0.25, 0.3) is 0 Å². The van der Waals surface area contributed by atoms with Crippen LogP contribution in [0.1, 0.15) is 17.3 Å². The van der Waals surface area contributed by atoms with E-state index < -0.39 is 18.0 Å². The van der Waals surface area contributed by atoms with Gasteiger partial charge in [0.2, 0.25) is 0 Å². The standard InChI is InChI=1S/C10H10ClNO3/c1-6(9(12)13)15-10(14)7-2-4-8(11)5-3-7/h2-6H,1H3,(H2,12,13)/t6-/m0/s1. The number of ether oxygens (including phenoxy) is 1. The highest BCUT2D eigenvalue weighted by atomic mass is 35.5. The number of rotatable bonds is 3. The van der Waals surface area contributed by atoms with E-state index in [4.69, 9.17) is 22.1 Å². The third-order valence-corrected chi connectivity index (χ3v) is 2.02. The van der Waals surface area contributed by atoms with Crippen LogP contribution >= 0.6 is 11.6 Å². The molecule has 5 heteroatoms. The van der Waals surface area contributed by atoms with Gasteiger partial charge in [-0.05, 0) is 31.2 Å². The first-order valence-electron chi connectivity index (χ1n) is 4.26. The molecule has 0 heterocycles. The SMILES string of the molecule is C[C@H](OC(=O)c1ccc(Cl)cc1)C(N)=O. The number of primary amides is 1. The third kappa shape index (κ3) is 3.25. The molecule has 0 aliphatic carbocycles. The van der Waals surface area contributed by atoms with Gasteiger partial charge in [0.1, 0.15) is 0 Å². The van der Waals surface area contributed by atoms with Crippen LogP contribution in [0.4, 0.5) is 0 Å². The molecule has 1 aromatic carbocycles. The molecule has 2 N–H and O–H groups in total.